The van der Waals surface area contributed by atoms with Crippen LogP contribution in [-0.4, -0.2) is 31.4 Å². The Morgan fingerprint density at radius 1 is 1.19 bits per heavy atom. The van der Waals surface area contributed by atoms with Gasteiger partial charge in [-0.1, -0.05) is 32.4 Å². The molecule has 1 rings (SSSR count). The molecule has 0 aromatic heterocycles. The van der Waals surface area contributed by atoms with E-state index in [0.717, 1.165) is 25.8 Å². The molecule has 21 heavy (non-hydrogen) atoms. The third-order valence-corrected chi connectivity index (χ3v) is 3.55. The van der Waals surface area contributed by atoms with Crippen LogP contribution in [0.2, 0.25) is 0 Å². The Morgan fingerprint density at radius 3 is 2.57 bits per heavy atom. The van der Waals surface area contributed by atoms with E-state index in [4.69, 9.17) is 4.74 Å². The van der Waals surface area contributed by atoms with Gasteiger partial charge in [0.25, 0.3) is 0 Å². The second-order valence-electron chi connectivity index (χ2n) is 5.40. The number of anilines is 1. The number of aliphatic hydroxyl groups excluding tert-OH is 1. The Balaban J connectivity index is 2.82. The summed E-state index contributed by atoms with van der Waals surface area (Å²) in [6.07, 6.45) is 3.07. The van der Waals surface area contributed by atoms with E-state index in [0.29, 0.717) is 24.2 Å². The summed E-state index contributed by atoms with van der Waals surface area (Å²) in [7, 11) is 1.57. The Morgan fingerprint density at radius 2 is 1.95 bits per heavy atom. The zero-order valence-corrected chi connectivity index (χ0v) is 13.4. The van der Waals surface area contributed by atoms with Crippen LogP contribution in [0.4, 0.5) is 10.1 Å². The van der Waals surface area contributed by atoms with Crippen LogP contribution < -0.4 is 4.90 Å². The Bertz CT molecular complexity index is 412. The van der Waals surface area contributed by atoms with Gasteiger partial charge in [0.15, 0.2) is 5.82 Å². The third kappa shape index (κ3) is 5.64. The summed E-state index contributed by atoms with van der Waals surface area (Å²) in [5, 5.41) is 9.88. The van der Waals surface area contributed by atoms with Crippen molar-refractivity contribution in [3.8, 4) is 0 Å². The minimum Gasteiger partial charge on any atom is -0.393 e. The summed E-state index contributed by atoms with van der Waals surface area (Å²) in [5.41, 5.74) is 1.18. The third-order valence-electron chi connectivity index (χ3n) is 3.55. The second kappa shape index (κ2) is 9.74. The van der Waals surface area contributed by atoms with Gasteiger partial charge in [-0.3, -0.25) is 0 Å². The predicted molar refractivity (Wildman–Crippen MR) is 85.1 cm³/mol. The zero-order chi connectivity index (χ0) is 15.7. The molecular weight excluding hydrogens is 269 g/mol. The number of hydrogen-bond acceptors (Lipinski definition) is 3. The summed E-state index contributed by atoms with van der Waals surface area (Å²) in [5.74, 6) is -0.210. The van der Waals surface area contributed by atoms with Gasteiger partial charge in [-0.25, -0.2) is 4.39 Å². The molecule has 1 aromatic carbocycles. The van der Waals surface area contributed by atoms with Crippen molar-refractivity contribution in [3.05, 3.63) is 29.6 Å². The van der Waals surface area contributed by atoms with E-state index in [1.807, 2.05) is 11.0 Å². The number of nitrogens with zero attached hydrogens (tertiary/aromatic N) is 1. The standard InChI is InChI=1S/C17H28FNO2/c1-4-7-15(20)10-12-19(11-5-2)16-9-6-8-14(13-21-3)17(16)18/h6,8-9,15,20H,4-5,7,10-13H2,1-3H3. The van der Waals surface area contributed by atoms with E-state index in [1.165, 1.54) is 0 Å². The van der Waals surface area contributed by atoms with Crippen LogP contribution in [0.3, 0.4) is 0 Å². The van der Waals surface area contributed by atoms with E-state index < -0.39 is 0 Å². The number of methoxy groups -OCH3 is 1. The van der Waals surface area contributed by atoms with Crippen LogP contribution in [0, 0.1) is 5.82 Å². The molecule has 0 saturated carbocycles. The van der Waals surface area contributed by atoms with Gasteiger partial charge >= 0.3 is 0 Å². The average molecular weight is 297 g/mol. The number of hydrogen-bond donors (Lipinski definition) is 1. The van der Waals surface area contributed by atoms with E-state index >= 15 is 0 Å². The van der Waals surface area contributed by atoms with Gasteiger partial charge in [0.05, 0.1) is 18.4 Å². The average Bonchev–Trinajstić information content (AvgIpc) is 2.46. The predicted octanol–water partition coefficient (Wildman–Crippen LogP) is 3.74. The normalized spacial score (nSPS) is 12.4. The molecule has 0 saturated heterocycles. The first-order valence-electron chi connectivity index (χ1n) is 7.83. The highest BCUT2D eigenvalue weighted by atomic mass is 19.1. The van der Waals surface area contributed by atoms with Crippen molar-refractivity contribution in [3.63, 3.8) is 0 Å². The lowest BCUT2D eigenvalue weighted by molar-refractivity contribution is 0.155. The largest absolute Gasteiger partial charge is 0.393 e. The van der Waals surface area contributed by atoms with Crippen molar-refractivity contribution in [1.29, 1.82) is 0 Å². The van der Waals surface area contributed by atoms with E-state index in [9.17, 15) is 9.50 Å². The van der Waals surface area contributed by atoms with Crippen molar-refractivity contribution in [2.24, 2.45) is 0 Å². The summed E-state index contributed by atoms with van der Waals surface area (Å²) in [4.78, 5) is 2.02. The van der Waals surface area contributed by atoms with Crippen molar-refractivity contribution >= 4 is 5.69 Å². The maximum Gasteiger partial charge on any atom is 0.151 e. The Hall–Kier alpha value is -1.13. The topological polar surface area (TPSA) is 32.7 Å². The molecule has 0 aliphatic heterocycles. The van der Waals surface area contributed by atoms with Crippen molar-refractivity contribution in [2.45, 2.75) is 52.2 Å². The number of benzene rings is 1. The molecular formula is C17H28FNO2. The van der Waals surface area contributed by atoms with Gasteiger partial charge in [-0.2, -0.15) is 0 Å². The molecule has 120 valence electrons. The molecule has 1 aromatic rings. The molecule has 0 aliphatic carbocycles. The van der Waals surface area contributed by atoms with Gasteiger partial charge in [-0.05, 0) is 25.3 Å². The molecule has 0 spiro atoms. The Labute approximate surface area is 127 Å². The molecule has 4 heteroatoms. The molecule has 1 N–H and O–H groups in total. The number of ether oxygens (including phenoxy) is 1. The molecule has 0 radical (unpaired) electrons. The molecule has 0 bridgehead atoms. The zero-order valence-electron chi connectivity index (χ0n) is 13.4. The SMILES string of the molecule is CCCC(O)CCN(CCC)c1cccc(COC)c1F. The molecule has 3 nitrogen and oxygen atoms in total. The summed E-state index contributed by atoms with van der Waals surface area (Å²) >= 11 is 0. The minimum absolute atomic E-state index is 0.210. The molecule has 0 fully saturated rings. The highest BCUT2D eigenvalue weighted by Crippen LogP contribution is 2.24. The first-order valence-corrected chi connectivity index (χ1v) is 7.83. The van der Waals surface area contributed by atoms with Crippen LogP contribution in [0.5, 0.6) is 0 Å². The molecule has 0 heterocycles. The number of aliphatic hydroxyl groups is 1. The van der Waals surface area contributed by atoms with Crippen LogP contribution in [0.25, 0.3) is 0 Å². The first kappa shape index (κ1) is 17.9. The maximum absolute atomic E-state index is 14.5. The lowest BCUT2D eigenvalue weighted by Gasteiger charge is -2.26. The summed E-state index contributed by atoms with van der Waals surface area (Å²) < 4.78 is 19.6. The minimum atomic E-state index is -0.306. The van der Waals surface area contributed by atoms with Crippen LogP contribution in [-0.2, 0) is 11.3 Å². The van der Waals surface area contributed by atoms with Crippen molar-refractivity contribution in [2.75, 3.05) is 25.1 Å². The Kier molecular flexibility index (Phi) is 8.31. The smallest absolute Gasteiger partial charge is 0.151 e. The fourth-order valence-corrected chi connectivity index (χ4v) is 2.48. The van der Waals surface area contributed by atoms with E-state index in [2.05, 4.69) is 13.8 Å². The van der Waals surface area contributed by atoms with Crippen molar-refractivity contribution < 1.29 is 14.2 Å². The van der Waals surface area contributed by atoms with Gasteiger partial charge in [0, 0.05) is 25.8 Å². The second-order valence-corrected chi connectivity index (χ2v) is 5.40. The molecule has 1 unspecified atom stereocenters. The number of halogens is 1. The fraction of sp³-hybridized carbons (Fsp3) is 0.647. The summed E-state index contributed by atoms with van der Waals surface area (Å²) in [6.45, 7) is 5.86. The fourth-order valence-electron chi connectivity index (χ4n) is 2.48. The van der Waals surface area contributed by atoms with Crippen LogP contribution in [0.1, 0.15) is 45.1 Å². The number of rotatable bonds is 10. The van der Waals surface area contributed by atoms with Gasteiger partial charge in [0.1, 0.15) is 0 Å². The molecule has 0 aliphatic rings. The van der Waals surface area contributed by atoms with Gasteiger partial charge < -0.3 is 14.7 Å². The molecule has 1 atom stereocenters. The van der Waals surface area contributed by atoms with Crippen LogP contribution >= 0.6 is 0 Å². The summed E-state index contributed by atoms with van der Waals surface area (Å²) in [6, 6.07) is 5.41. The van der Waals surface area contributed by atoms with Gasteiger partial charge in [0.2, 0.25) is 0 Å². The highest BCUT2D eigenvalue weighted by molar-refractivity contribution is 5.50. The van der Waals surface area contributed by atoms with Crippen molar-refractivity contribution in [1.82, 2.24) is 0 Å². The van der Waals surface area contributed by atoms with Crippen LogP contribution in [0.15, 0.2) is 18.2 Å². The lowest BCUT2D eigenvalue weighted by atomic mass is 10.1. The van der Waals surface area contributed by atoms with E-state index in [1.54, 1.807) is 19.2 Å². The lowest BCUT2D eigenvalue weighted by Crippen LogP contribution is -2.29. The van der Waals surface area contributed by atoms with Gasteiger partial charge in [-0.15, -0.1) is 0 Å². The van der Waals surface area contributed by atoms with E-state index in [-0.39, 0.29) is 18.5 Å². The highest BCUT2D eigenvalue weighted by Gasteiger charge is 2.15. The maximum atomic E-state index is 14.5. The first-order chi connectivity index (χ1) is 10.1. The monoisotopic (exact) mass is 297 g/mol. The molecule has 0 amide bonds. The quantitative estimate of drug-likeness (QED) is 0.714.